The molecule has 7 nitrogen and oxygen atoms in total. The van der Waals surface area contributed by atoms with Crippen molar-refractivity contribution in [2.24, 2.45) is 0 Å². The summed E-state index contributed by atoms with van der Waals surface area (Å²) in [6, 6.07) is 14.9. The summed E-state index contributed by atoms with van der Waals surface area (Å²) in [5, 5.41) is 0. The van der Waals surface area contributed by atoms with Gasteiger partial charge in [0, 0.05) is 0 Å². The molecule has 0 spiro atoms. The molecule has 2 heterocycles. The number of hydrogen-bond acceptors (Lipinski definition) is 6. The molecule has 0 radical (unpaired) electrons. The van der Waals surface area contributed by atoms with Crippen molar-refractivity contribution in [3.05, 3.63) is 70.5 Å². The molecular weight excluding hydrogens is 400 g/mol. The maximum Gasteiger partial charge on any atom is 0.301 e. The van der Waals surface area contributed by atoms with E-state index in [1.165, 1.54) is 18.2 Å². The minimum Gasteiger partial charge on any atom is -0.486 e. The monoisotopic (exact) mass is 412 g/mol. The molecule has 0 bridgehead atoms. The van der Waals surface area contributed by atoms with Gasteiger partial charge in [-0.3, -0.25) is 10.2 Å². The minimum absolute atomic E-state index is 0.0146. The lowest BCUT2D eigenvalue weighted by Gasteiger charge is -2.05. The Kier molecular flexibility index (Phi) is 5.62. The van der Waals surface area contributed by atoms with Crippen molar-refractivity contribution < 1.29 is 22.4 Å². The number of nitrogens with one attached hydrogen (secondary N) is 2. The third-order valence-electron chi connectivity index (χ3n) is 3.12. The first-order valence-corrected chi connectivity index (χ1v) is 9.96. The van der Waals surface area contributed by atoms with E-state index in [0.29, 0.717) is 15.8 Å². The van der Waals surface area contributed by atoms with Crippen molar-refractivity contribution in [1.82, 2.24) is 10.3 Å². The van der Waals surface area contributed by atoms with Crippen molar-refractivity contribution in [2.45, 2.75) is 10.8 Å². The number of hydrogen-bond donors (Lipinski definition) is 2. The van der Waals surface area contributed by atoms with E-state index < -0.39 is 15.9 Å². The second kappa shape index (κ2) is 7.92. The third-order valence-corrected chi connectivity index (χ3v) is 6.09. The number of ether oxygens (including phenoxy) is 1. The standard InChI is InChI=1S/C16H13ClN2O5S2/c17-14-8-9-15(25-14)26(21,22)19-18-16(20)13-7-6-12(24-13)10-23-11-4-2-1-3-5-11/h1-9,19H,10H2,(H,18,20). The molecule has 1 amide bonds. The maximum absolute atomic E-state index is 12.0. The molecular formula is C16H13ClN2O5S2. The fraction of sp³-hybridized carbons (Fsp3) is 0.0625. The van der Waals surface area contributed by atoms with Gasteiger partial charge in [0.2, 0.25) is 0 Å². The van der Waals surface area contributed by atoms with Gasteiger partial charge >= 0.3 is 5.91 Å². The predicted molar refractivity (Wildman–Crippen MR) is 96.6 cm³/mol. The van der Waals surface area contributed by atoms with Crippen molar-refractivity contribution in [2.75, 3.05) is 0 Å². The zero-order valence-electron chi connectivity index (χ0n) is 13.1. The summed E-state index contributed by atoms with van der Waals surface area (Å²) < 4.78 is 35.2. The largest absolute Gasteiger partial charge is 0.486 e. The molecule has 3 rings (SSSR count). The van der Waals surface area contributed by atoms with E-state index in [1.807, 2.05) is 23.0 Å². The minimum atomic E-state index is -3.90. The SMILES string of the molecule is O=C(NNS(=O)(=O)c1ccc(Cl)s1)c1ccc(COc2ccccc2)o1. The Morgan fingerprint density at radius 2 is 1.88 bits per heavy atom. The van der Waals surface area contributed by atoms with E-state index in [0.717, 1.165) is 11.3 Å². The Labute approximate surface area is 158 Å². The number of carbonyl (C=O) groups is 1. The maximum atomic E-state index is 12.0. The number of hydrazine groups is 1. The Morgan fingerprint density at radius 1 is 1.12 bits per heavy atom. The summed E-state index contributed by atoms with van der Waals surface area (Å²) in [6.45, 7) is 0.136. The highest BCUT2D eigenvalue weighted by molar-refractivity contribution is 7.91. The van der Waals surface area contributed by atoms with Crippen molar-refractivity contribution in [1.29, 1.82) is 0 Å². The second-order valence-corrected chi connectivity index (χ2v) is 8.61. The summed E-state index contributed by atoms with van der Waals surface area (Å²) in [7, 11) is -3.90. The van der Waals surface area contributed by atoms with Gasteiger partial charge in [-0.05, 0) is 36.4 Å². The van der Waals surface area contributed by atoms with Gasteiger partial charge in [0.05, 0.1) is 4.34 Å². The Bertz CT molecular complexity index is 999. The molecule has 0 saturated heterocycles. The zero-order chi connectivity index (χ0) is 18.6. The molecule has 1 aromatic carbocycles. The molecule has 0 fully saturated rings. The van der Waals surface area contributed by atoms with Crippen LogP contribution in [0.25, 0.3) is 0 Å². The molecule has 2 aromatic heterocycles. The third kappa shape index (κ3) is 4.64. The number of amides is 1. The van der Waals surface area contributed by atoms with Crippen LogP contribution < -0.4 is 15.0 Å². The average Bonchev–Trinajstić information content (AvgIpc) is 3.28. The van der Waals surface area contributed by atoms with Crippen LogP contribution in [-0.4, -0.2) is 14.3 Å². The number of thiophene rings is 1. The lowest BCUT2D eigenvalue weighted by molar-refractivity contribution is 0.0913. The van der Waals surface area contributed by atoms with E-state index in [4.69, 9.17) is 20.8 Å². The van der Waals surface area contributed by atoms with E-state index in [1.54, 1.807) is 18.2 Å². The first kappa shape index (κ1) is 18.5. The van der Waals surface area contributed by atoms with Crippen LogP contribution >= 0.6 is 22.9 Å². The Balaban J connectivity index is 1.56. The topological polar surface area (TPSA) is 97.6 Å². The zero-order valence-corrected chi connectivity index (χ0v) is 15.5. The van der Waals surface area contributed by atoms with Gasteiger partial charge in [0.25, 0.3) is 10.0 Å². The van der Waals surface area contributed by atoms with Gasteiger partial charge < -0.3 is 9.15 Å². The summed E-state index contributed by atoms with van der Waals surface area (Å²) >= 11 is 6.59. The molecule has 10 heteroatoms. The van der Waals surface area contributed by atoms with Crippen LogP contribution in [0, 0.1) is 0 Å². The van der Waals surface area contributed by atoms with Crippen molar-refractivity contribution >= 4 is 38.9 Å². The lowest BCUT2D eigenvalue weighted by Crippen LogP contribution is -2.41. The number of para-hydroxylation sites is 1. The van der Waals surface area contributed by atoms with Crippen LogP contribution in [0.1, 0.15) is 16.3 Å². The van der Waals surface area contributed by atoms with Crippen LogP contribution in [0.15, 0.2) is 63.2 Å². The van der Waals surface area contributed by atoms with E-state index in [2.05, 4.69) is 5.43 Å². The van der Waals surface area contributed by atoms with E-state index in [-0.39, 0.29) is 16.6 Å². The van der Waals surface area contributed by atoms with Gasteiger partial charge in [-0.1, -0.05) is 29.8 Å². The lowest BCUT2D eigenvalue weighted by atomic mass is 10.3. The molecule has 2 N–H and O–H groups in total. The fourth-order valence-electron chi connectivity index (χ4n) is 1.92. The predicted octanol–water partition coefficient (Wildman–Crippen LogP) is 3.20. The number of furan rings is 1. The van der Waals surface area contributed by atoms with Crippen molar-refractivity contribution in [3.63, 3.8) is 0 Å². The number of carbonyl (C=O) groups excluding carboxylic acids is 1. The molecule has 0 unspecified atom stereocenters. The summed E-state index contributed by atoms with van der Waals surface area (Å²) in [6.07, 6.45) is 0. The molecule has 0 aliphatic rings. The Hall–Kier alpha value is -2.33. The molecule has 0 atom stereocenters. The summed E-state index contributed by atoms with van der Waals surface area (Å²) in [5.74, 6) is 0.301. The molecule has 0 saturated carbocycles. The molecule has 26 heavy (non-hydrogen) atoms. The van der Waals surface area contributed by atoms with Crippen LogP contribution in [-0.2, 0) is 16.6 Å². The first-order chi connectivity index (χ1) is 12.4. The van der Waals surface area contributed by atoms with Crippen LogP contribution in [0.3, 0.4) is 0 Å². The van der Waals surface area contributed by atoms with E-state index in [9.17, 15) is 13.2 Å². The van der Waals surface area contributed by atoms with Crippen molar-refractivity contribution in [3.8, 4) is 5.75 Å². The van der Waals surface area contributed by atoms with Crippen LogP contribution in [0.2, 0.25) is 4.34 Å². The highest BCUT2D eigenvalue weighted by Gasteiger charge is 2.19. The van der Waals surface area contributed by atoms with Crippen LogP contribution in [0.5, 0.6) is 5.75 Å². The molecule has 0 aliphatic heterocycles. The first-order valence-electron chi connectivity index (χ1n) is 7.28. The van der Waals surface area contributed by atoms with Crippen LogP contribution in [0.4, 0.5) is 0 Å². The molecule has 0 aliphatic carbocycles. The number of halogens is 1. The fourth-order valence-corrected chi connectivity index (χ4v) is 4.24. The van der Waals surface area contributed by atoms with Gasteiger partial charge in [-0.2, -0.15) is 0 Å². The summed E-state index contributed by atoms with van der Waals surface area (Å²) in [5.41, 5.74) is 2.09. The van der Waals surface area contributed by atoms with Gasteiger partial charge in [0.1, 0.15) is 22.3 Å². The molecule has 136 valence electrons. The average molecular weight is 413 g/mol. The highest BCUT2D eigenvalue weighted by Crippen LogP contribution is 2.25. The summed E-state index contributed by atoms with van der Waals surface area (Å²) in [4.78, 5) is 14.0. The van der Waals surface area contributed by atoms with Gasteiger partial charge in [-0.25, -0.2) is 8.42 Å². The normalized spacial score (nSPS) is 11.3. The number of sulfonamides is 1. The number of benzene rings is 1. The highest BCUT2D eigenvalue weighted by atomic mass is 35.5. The quantitative estimate of drug-likeness (QED) is 0.581. The Morgan fingerprint density at radius 3 is 2.58 bits per heavy atom. The second-order valence-electron chi connectivity index (χ2n) is 4.99. The van der Waals surface area contributed by atoms with E-state index >= 15 is 0 Å². The van der Waals surface area contributed by atoms with Gasteiger partial charge in [0.15, 0.2) is 5.76 Å². The molecule has 3 aromatic rings. The number of rotatable bonds is 7. The van der Waals surface area contributed by atoms with Gasteiger partial charge in [-0.15, -0.1) is 16.2 Å². The smallest absolute Gasteiger partial charge is 0.301 e.